The van der Waals surface area contributed by atoms with Crippen molar-refractivity contribution in [1.29, 1.82) is 0 Å². The van der Waals surface area contributed by atoms with Gasteiger partial charge >= 0.3 is 0 Å². The lowest BCUT2D eigenvalue weighted by molar-refractivity contribution is 0.356. The fraction of sp³-hybridized carbons (Fsp3) is 0.586. The Morgan fingerprint density at radius 1 is 0.548 bits per heavy atom. The normalized spacial score (nSPS) is 35.9. The van der Waals surface area contributed by atoms with Gasteiger partial charge < -0.3 is 0 Å². The summed E-state index contributed by atoms with van der Waals surface area (Å²) < 4.78 is 0. The van der Waals surface area contributed by atoms with Gasteiger partial charge in [-0.2, -0.15) is 0 Å². The maximum Gasteiger partial charge on any atom is -0.00689 e. The molecule has 0 N–H and O–H groups in total. The van der Waals surface area contributed by atoms with Crippen LogP contribution in [0.25, 0.3) is 11.1 Å². The van der Waals surface area contributed by atoms with Gasteiger partial charge in [0.2, 0.25) is 0 Å². The summed E-state index contributed by atoms with van der Waals surface area (Å²) in [6.45, 7) is 15.8. The van der Waals surface area contributed by atoms with Crippen LogP contribution in [0.1, 0.15) is 86.5 Å². The standard InChI is InChI=1S/C29H40P2/c1-26(2)17-11-19-28(5)21-29(6)20-12-18-27(3,4)31(29)25-16-10-8-14-23(25)22-13-7-9-15-24(22)30(26)28/h7-10,13-16H,11-12,17-21H2,1-6H3. The van der Waals surface area contributed by atoms with E-state index in [4.69, 9.17) is 0 Å². The van der Waals surface area contributed by atoms with Crippen LogP contribution in [0.4, 0.5) is 0 Å². The van der Waals surface area contributed by atoms with Gasteiger partial charge in [0.25, 0.3) is 0 Å². The van der Waals surface area contributed by atoms with E-state index in [1.807, 2.05) is 0 Å². The molecule has 0 spiro atoms. The molecule has 3 aliphatic heterocycles. The van der Waals surface area contributed by atoms with Crippen molar-refractivity contribution in [2.75, 3.05) is 0 Å². The van der Waals surface area contributed by atoms with Gasteiger partial charge in [0.05, 0.1) is 0 Å². The summed E-state index contributed by atoms with van der Waals surface area (Å²) in [5.74, 6) is 0. The van der Waals surface area contributed by atoms with Gasteiger partial charge in [-0.05, 0) is 74.5 Å². The van der Waals surface area contributed by atoms with Crippen molar-refractivity contribution < 1.29 is 0 Å². The van der Waals surface area contributed by atoms with Gasteiger partial charge in [-0.15, -0.1) is 0 Å². The average Bonchev–Trinajstić information content (AvgIpc) is 2.69. The molecule has 2 aromatic carbocycles. The molecule has 2 fully saturated rings. The molecule has 0 bridgehead atoms. The third-order valence-corrected chi connectivity index (χ3v) is 16.2. The number of fused-ring (bicyclic) bond motifs is 7. The summed E-state index contributed by atoms with van der Waals surface area (Å²) in [6.07, 6.45) is 9.77. The van der Waals surface area contributed by atoms with Gasteiger partial charge in [0.15, 0.2) is 0 Å². The zero-order chi connectivity index (χ0) is 22.1. The van der Waals surface area contributed by atoms with Crippen molar-refractivity contribution in [3.63, 3.8) is 0 Å². The Kier molecular flexibility index (Phi) is 5.28. The van der Waals surface area contributed by atoms with Crippen LogP contribution in [-0.4, -0.2) is 20.6 Å². The lowest BCUT2D eigenvalue weighted by Gasteiger charge is -2.58. The van der Waals surface area contributed by atoms with Gasteiger partial charge in [-0.3, -0.25) is 0 Å². The van der Waals surface area contributed by atoms with Crippen LogP contribution in [0.2, 0.25) is 0 Å². The van der Waals surface area contributed by atoms with Crippen molar-refractivity contribution >= 4 is 26.5 Å². The average molecular weight is 451 g/mol. The van der Waals surface area contributed by atoms with E-state index < -0.39 is 0 Å². The first-order valence-corrected chi connectivity index (χ1v) is 15.1. The van der Waals surface area contributed by atoms with Crippen LogP contribution in [0.15, 0.2) is 48.5 Å². The molecule has 2 aromatic rings. The lowest BCUT2D eigenvalue weighted by atomic mass is 9.85. The van der Waals surface area contributed by atoms with E-state index in [-0.39, 0.29) is 15.8 Å². The molecular weight excluding hydrogens is 410 g/mol. The molecule has 4 atom stereocenters. The molecule has 0 nitrogen and oxygen atoms in total. The molecule has 0 amide bonds. The smallest absolute Gasteiger partial charge is 0.00689 e. The fourth-order valence-corrected chi connectivity index (χ4v) is 17.3. The number of hydrogen-bond acceptors (Lipinski definition) is 0. The highest BCUT2D eigenvalue weighted by atomic mass is 31.1. The molecular formula is C29H40P2. The molecule has 2 heteroatoms. The van der Waals surface area contributed by atoms with Gasteiger partial charge in [0, 0.05) is 0 Å². The van der Waals surface area contributed by atoms with E-state index in [1.54, 1.807) is 21.7 Å². The Balaban J connectivity index is 1.86. The van der Waals surface area contributed by atoms with E-state index >= 15 is 0 Å². The first-order valence-electron chi connectivity index (χ1n) is 12.4. The highest BCUT2D eigenvalue weighted by molar-refractivity contribution is 7.70. The third-order valence-electron chi connectivity index (χ3n) is 8.64. The highest BCUT2D eigenvalue weighted by Gasteiger charge is 2.56. The molecule has 3 aliphatic rings. The van der Waals surface area contributed by atoms with Crippen LogP contribution in [0.5, 0.6) is 0 Å². The summed E-state index contributed by atoms with van der Waals surface area (Å²) >= 11 is 0. The second kappa shape index (κ2) is 7.40. The molecule has 5 rings (SSSR count). The predicted octanol–water partition coefficient (Wildman–Crippen LogP) is 8.41. The monoisotopic (exact) mass is 450 g/mol. The minimum atomic E-state index is -0.257. The second-order valence-electron chi connectivity index (χ2n) is 12.2. The van der Waals surface area contributed by atoms with Gasteiger partial charge in [0.1, 0.15) is 0 Å². The molecule has 0 radical (unpaired) electrons. The van der Waals surface area contributed by atoms with Crippen molar-refractivity contribution in [2.24, 2.45) is 0 Å². The zero-order valence-corrected chi connectivity index (χ0v) is 22.3. The van der Waals surface area contributed by atoms with E-state index in [0.717, 1.165) is 0 Å². The van der Waals surface area contributed by atoms with E-state index in [0.29, 0.717) is 20.6 Å². The predicted molar refractivity (Wildman–Crippen MR) is 142 cm³/mol. The molecule has 3 heterocycles. The van der Waals surface area contributed by atoms with Gasteiger partial charge in [-0.25, -0.2) is 0 Å². The molecule has 0 saturated carbocycles. The van der Waals surface area contributed by atoms with E-state index in [9.17, 15) is 0 Å². The Hall–Kier alpha value is -0.700. The molecule has 31 heavy (non-hydrogen) atoms. The minimum Gasteiger partial charge on any atom is -0.0627 e. The molecule has 166 valence electrons. The van der Waals surface area contributed by atoms with Crippen LogP contribution in [-0.2, 0) is 0 Å². The maximum absolute atomic E-state index is 2.70. The third kappa shape index (κ3) is 3.47. The SMILES string of the molecule is CC1(C)CCCC2(C)CC3(C)CCCC(C)(C)P3c3ccccc3-c3ccccc3P12. The Bertz CT molecular complexity index is 910. The summed E-state index contributed by atoms with van der Waals surface area (Å²) in [4.78, 5) is 0. The van der Waals surface area contributed by atoms with Gasteiger partial charge in [-0.1, -0.05) is 119 Å². The quantitative estimate of drug-likeness (QED) is 0.353. The number of hydrogen-bond donors (Lipinski definition) is 0. The fourth-order valence-electron chi connectivity index (χ4n) is 7.89. The van der Waals surface area contributed by atoms with E-state index in [2.05, 4.69) is 90.1 Å². The minimum absolute atomic E-state index is 0.257. The van der Waals surface area contributed by atoms with Crippen LogP contribution in [0.3, 0.4) is 0 Å². The molecule has 0 aromatic heterocycles. The van der Waals surface area contributed by atoms with Crippen LogP contribution in [0, 0.1) is 0 Å². The Morgan fingerprint density at radius 2 is 0.935 bits per heavy atom. The van der Waals surface area contributed by atoms with Crippen molar-refractivity contribution in [3.8, 4) is 11.1 Å². The van der Waals surface area contributed by atoms with Crippen LogP contribution < -0.4 is 10.6 Å². The first-order chi connectivity index (χ1) is 14.6. The Morgan fingerprint density at radius 3 is 1.35 bits per heavy atom. The lowest BCUT2D eigenvalue weighted by Crippen LogP contribution is -2.48. The summed E-state index contributed by atoms with van der Waals surface area (Å²) in [5, 5.41) is 5.04. The first kappa shape index (κ1) is 22.1. The van der Waals surface area contributed by atoms with Crippen molar-refractivity contribution in [3.05, 3.63) is 48.5 Å². The summed E-state index contributed by atoms with van der Waals surface area (Å²) in [6, 6.07) is 19.1. The molecule has 2 saturated heterocycles. The second-order valence-corrected chi connectivity index (χ2v) is 19.1. The topological polar surface area (TPSA) is 0 Å². The largest absolute Gasteiger partial charge is 0.0627 e. The van der Waals surface area contributed by atoms with Crippen molar-refractivity contribution in [1.82, 2.24) is 0 Å². The Labute approximate surface area is 193 Å². The number of rotatable bonds is 0. The number of benzene rings is 2. The summed E-state index contributed by atoms with van der Waals surface area (Å²) in [7, 11) is -0.514. The summed E-state index contributed by atoms with van der Waals surface area (Å²) in [5.41, 5.74) is 3.11. The molecule has 4 unspecified atom stereocenters. The zero-order valence-electron chi connectivity index (χ0n) is 20.5. The highest BCUT2D eigenvalue weighted by Crippen LogP contribution is 2.74. The van der Waals surface area contributed by atoms with Crippen molar-refractivity contribution in [2.45, 2.75) is 107 Å². The van der Waals surface area contributed by atoms with Crippen LogP contribution >= 0.6 is 15.8 Å². The molecule has 0 aliphatic carbocycles. The van der Waals surface area contributed by atoms with E-state index in [1.165, 1.54) is 44.9 Å². The maximum atomic E-state index is 2.70.